The molecule has 1 saturated heterocycles. The van der Waals surface area contributed by atoms with E-state index in [1.54, 1.807) is 18.2 Å². The summed E-state index contributed by atoms with van der Waals surface area (Å²) in [5.74, 6) is -0.846. The van der Waals surface area contributed by atoms with Gasteiger partial charge in [-0.1, -0.05) is 30.3 Å². The first-order valence-corrected chi connectivity index (χ1v) is 11.0. The molecule has 0 N–H and O–H groups in total. The molecule has 3 rings (SSSR count). The average molecular weight is 383 g/mol. The number of rotatable bonds is 5. The lowest BCUT2D eigenvalue weighted by Crippen LogP contribution is -2.32. The molecule has 2 aromatic carbocycles. The van der Waals surface area contributed by atoms with Crippen molar-refractivity contribution in [2.45, 2.75) is 22.3 Å². The molecule has 134 valence electrons. The monoisotopic (exact) mass is 383 g/mol. The average Bonchev–Trinajstić information content (AvgIpc) is 3.07. The molecule has 0 spiro atoms. The van der Waals surface area contributed by atoms with Crippen LogP contribution in [0.1, 0.15) is 12.0 Å². The van der Waals surface area contributed by atoms with Gasteiger partial charge in [0.15, 0.2) is 9.84 Å². The first kappa shape index (κ1) is 18.0. The van der Waals surface area contributed by atoms with Gasteiger partial charge in [-0.2, -0.15) is 0 Å². The van der Waals surface area contributed by atoms with Gasteiger partial charge in [0.1, 0.15) is 5.82 Å². The number of sulfonamides is 1. The Balaban J connectivity index is 1.76. The summed E-state index contributed by atoms with van der Waals surface area (Å²) in [6, 6.07) is 13.4. The minimum atomic E-state index is -3.70. The second-order valence-electron chi connectivity index (χ2n) is 6.01. The summed E-state index contributed by atoms with van der Waals surface area (Å²) in [7, 11) is -7.28. The molecule has 2 aromatic rings. The van der Waals surface area contributed by atoms with Crippen molar-refractivity contribution in [3.63, 3.8) is 0 Å². The molecule has 0 radical (unpaired) electrons. The third-order valence-electron chi connectivity index (χ3n) is 4.25. The minimum absolute atomic E-state index is 0.0745. The van der Waals surface area contributed by atoms with Crippen molar-refractivity contribution in [1.29, 1.82) is 0 Å². The van der Waals surface area contributed by atoms with Gasteiger partial charge in [-0.25, -0.2) is 25.5 Å². The van der Waals surface area contributed by atoms with Gasteiger partial charge in [-0.3, -0.25) is 0 Å². The Morgan fingerprint density at radius 2 is 1.72 bits per heavy atom. The molecule has 5 nitrogen and oxygen atoms in total. The maximum atomic E-state index is 13.2. The molecular formula is C17H18FNO4S2. The van der Waals surface area contributed by atoms with E-state index in [0.717, 1.165) is 0 Å². The number of sulfone groups is 1. The highest BCUT2D eigenvalue weighted by molar-refractivity contribution is 7.92. The van der Waals surface area contributed by atoms with Crippen molar-refractivity contribution in [3.05, 3.63) is 66.0 Å². The predicted molar refractivity (Wildman–Crippen MR) is 92.6 cm³/mol. The number of halogens is 1. The van der Waals surface area contributed by atoms with Crippen LogP contribution in [0.2, 0.25) is 0 Å². The third-order valence-corrected chi connectivity index (χ3v) is 8.26. The van der Waals surface area contributed by atoms with Crippen LogP contribution in [-0.4, -0.2) is 39.5 Å². The van der Waals surface area contributed by atoms with E-state index in [2.05, 4.69) is 0 Å². The van der Waals surface area contributed by atoms with E-state index in [-0.39, 0.29) is 30.2 Å². The fourth-order valence-electron chi connectivity index (χ4n) is 2.93. The van der Waals surface area contributed by atoms with E-state index < -0.39 is 30.9 Å². The largest absolute Gasteiger partial charge is 0.223 e. The number of hydrogen-bond donors (Lipinski definition) is 0. The zero-order valence-electron chi connectivity index (χ0n) is 13.4. The second kappa shape index (κ2) is 6.86. The Hall–Kier alpha value is -1.77. The number of nitrogens with zero attached hydrogens (tertiary/aromatic N) is 1. The van der Waals surface area contributed by atoms with Gasteiger partial charge in [-0.05, 0) is 36.2 Å². The zero-order valence-corrected chi connectivity index (χ0v) is 15.0. The van der Waals surface area contributed by atoms with Gasteiger partial charge in [-0.15, -0.1) is 0 Å². The molecule has 0 amide bonds. The van der Waals surface area contributed by atoms with Crippen LogP contribution < -0.4 is 0 Å². The molecule has 1 atom stereocenters. The van der Waals surface area contributed by atoms with E-state index in [1.807, 2.05) is 0 Å². The lowest BCUT2D eigenvalue weighted by Gasteiger charge is -2.17. The van der Waals surface area contributed by atoms with Crippen molar-refractivity contribution in [2.24, 2.45) is 0 Å². The van der Waals surface area contributed by atoms with Crippen LogP contribution in [0.4, 0.5) is 4.39 Å². The van der Waals surface area contributed by atoms with Crippen LogP contribution >= 0.6 is 0 Å². The van der Waals surface area contributed by atoms with Crippen molar-refractivity contribution in [1.82, 2.24) is 4.31 Å². The molecular weight excluding hydrogens is 365 g/mol. The first-order valence-electron chi connectivity index (χ1n) is 7.80. The first-order chi connectivity index (χ1) is 11.8. The SMILES string of the molecule is O=S(=O)(c1ccccc1)[C@H]1CCN(S(=O)(=O)Cc2cccc(F)c2)C1. The molecule has 1 fully saturated rings. The van der Waals surface area contributed by atoms with Gasteiger partial charge in [0.05, 0.1) is 15.9 Å². The normalized spacial score (nSPS) is 19.2. The zero-order chi connectivity index (χ0) is 18.1. The van der Waals surface area contributed by atoms with Crippen LogP contribution in [0, 0.1) is 5.82 Å². The molecule has 1 aliphatic heterocycles. The summed E-state index contributed by atoms with van der Waals surface area (Å²) in [5, 5.41) is -0.766. The van der Waals surface area contributed by atoms with Crippen LogP contribution in [0.25, 0.3) is 0 Å². The molecule has 1 heterocycles. The predicted octanol–water partition coefficient (Wildman–Crippen LogP) is 2.20. The highest BCUT2D eigenvalue weighted by Gasteiger charge is 2.38. The van der Waals surface area contributed by atoms with E-state index in [0.29, 0.717) is 5.56 Å². The van der Waals surface area contributed by atoms with Gasteiger partial charge in [0, 0.05) is 13.1 Å². The molecule has 0 bridgehead atoms. The van der Waals surface area contributed by atoms with Gasteiger partial charge in [0.2, 0.25) is 10.0 Å². The molecule has 0 unspecified atom stereocenters. The van der Waals surface area contributed by atoms with Crippen molar-refractivity contribution >= 4 is 19.9 Å². The second-order valence-corrected chi connectivity index (χ2v) is 10.2. The minimum Gasteiger partial charge on any atom is -0.223 e. The van der Waals surface area contributed by atoms with Crippen LogP contribution in [0.15, 0.2) is 59.5 Å². The highest BCUT2D eigenvalue weighted by atomic mass is 32.2. The van der Waals surface area contributed by atoms with Crippen LogP contribution in [0.5, 0.6) is 0 Å². The maximum Gasteiger partial charge on any atom is 0.218 e. The Labute approximate surface area is 147 Å². The molecule has 1 aliphatic rings. The highest BCUT2D eigenvalue weighted by Crippen LogP contribution is 2.26. The summed E-state index contributed by atoms with van der Waals surface area (Å²) in [6.45, 7) is 0.0727. The standard InChI is InChI=1S/C17H18FNO4S2/c18-15-6-4-5-14(11-15)13-24(20,21)19-10-9-17(12-19)25(22,23)16-7-2-1-3-8-16/h1-8,11,17H,9-10,12-13H2/t17-/m0/s1. The molecule has 25 heavy (non-hydrogen) atoms. The topological polar surface area (TPSA) is 71.5 Å². The Morgan fingerprint density at radius 3 is 2.40 bits per heavy atom. The van der Waals surface area contributed by atoms with E-state index >= 15 is 0 Å². The molecule has 0 saturated carbocycles. The Kier molecular flexibility index (Phi) is 4.95. The number of benzene rings is 2. The van der Waals surface area contributed by atoms with E-state index in [4.69, 9.17) is 0 Å². The van der Waals surface area contributed by atoms with Gasteiger partial charge < -0.3 is 0 Å². The molecule has 0 aliphatic carbocycles. The summed E-state index contributed by atoms with van der Waals surface area (Å²) in [6.07, 6.45) is 0.250. The fourth-order valence-corrected chi connectivity index (χ4v) is 6.32. The van der Waals surface area contributed by atoms with Gasteiger partial charge >= 0.3 is 0 Å². The fraction of sp³-hybridized carbons (Fsp3) is 0.294. The van der Waals surface area contributed by atoms with Crippen molar-refractivity contribution in [3.8, 4) is 0 Å². The lowest BCUT2D eigenvalue weighted by atomic mass is 10.2. The number of hydrogen-bond acceptors (Lipinski definition) is 4. The summed E-state index contributed by atoms with van der Waals surface area (Å²) in [5.41, 5.74) is 0.342. The van der Waals surface area contributed by atoms with E-state index in [9.17, 15) is 21.2 Å². The molecule has 0 aromatic heterocycles. The summed E-state index contributed by atoms with van der Waals surface area (Å²) >= 11 is 0. The van der Waals surface area contributed by atoms with Crippen molar-refractivity contribution in [2.75, 3.05) is 13.1 Å². The van der Waals surface area contributed by atoms with Crippen LogP contribution in [0.3, 0.4) is 0 Å². The Morgan fingerprint density at radius 1 is 1.00 bits per heavy atom. The molecule has 8 heteroatoms. The maximum absolute atomic E-state index is 13.2. The quantitative estimate of drug-likeness (QED) is 0.794. The summed E-state index contributed by atoms with van der Waals surface area (Å²) < 4.78 is 64.8. The summed E-state index contributed by atoms with van der Waals surface area (Å²) in [4.78, 5) is 0.198. The lowest BCUT2D eigenvalue weighted by molar-refractivity contribution is 0.475. The third kappa shape index (κ3) is 3.91. The smallest absolute Gasteiger partial charge is 0.218 e. The Bertz CT molecular complexity index is 959. The van der Waals surface area contributed by atoms with E-state index in [1.165, 1.54) is 40.7 Å². The van der Waals surface area contributed by atoms with Gasteiger partial charge in [0.25, 0.3) is 0 Å². The van der Waals surface area contributed by atoms with Crippen molar-refractivity contribution < 1.29 is 21.2 Å². The van der Waals surface area contributed by atoms with Crippen LogP contribution in [-0.2, 0) is 25.6 Å².